The molecule has 0 aliphatic carbocycles. The maximum absolute atomic E-state index is 13.0. The zero-order valence-corrected chi connectivity index (χ0v) is 17.0. The molecule has 3 rings (SSSR count). The fourth-order valence-corrected chi connectivity index (χ4v) is 4.75. The van der Waals surface area contributed by atoms with Gasteiger partial charge in [0.05, 0.1) is 11.6 Å². The van der Waals surface area contributed by atoms with Crippen LogP contribution in [0.15, 0.2) is 35.5 Å². The number of halogens is 1. The van der Waals surface area contributed by atoms with Gasteiger partial charge >= 0.3 is 0 Å². The van der Waals surface area contributed by atoms with Gasteiger partial charge in [0, 0.05) is 25.2 Å². The number of sulfonamides is 1. The van der Waals surface area contributed by atoms with Crippen LogP contribution in [0.4, 0.5) is 4.39 Å². The van der Waals surface area contributed by atoms with Crippen LogP contribution in [0, 0.1) is 10.6 Å². The van der Waals surface area contributed by atoms with Gasteiger partial charge in [-0.05, 0) is 63.2 Å². The lowest BCUT2D eigenvalue weighted by atomic mass is 10.1. The van der Waals surface area contributed by atoms with Crippen molar-refractivity contribution in [1.29, 1.82) is 0 Å². The molecule has 0 radical (unpaired) electrons. The smallest absolute Gasteiger partial charge is 0.240 e. The highest BCUT2D eigenvalue weighted by molar-refractivity contribution is 7.89. The molecule has 2 aromatic rings. The summed E-state index contributed by atoms with van der Waals surface area (Å²) in [4.78, 5) is 2.28. The Morgan fingerprint density at radius 1 is 1.26 bits per heavy atom. The second kappa shape index (κ2) is 8.17. The van der Waals surface area contributed by atoms with Gasteiger partial charge < -0.3 is 4.57 Å². The molecule has 1 saturated heterocycles. The van der Waals surface area contributed by atoms with Gasteiger partial charge in [-0.1, -0.05) is 0 Å². The monoisotopic (exact) mass is 413 g/mol. The van der Waals surface area contributed by atoms with Gasteiger partial charge in [0.15, 0.2) is 4.77 Å². The standard InChI is InChI=1S/C17H24FN5O2S2/c1-13(2)22-11-19-23(17(22)26)12-21-9-7-15(8-10-21)20-27(24,25)16-5-3-14(18)4-6-16/h3-6,11,13,15,20H,7-10,12H2,1-2H3. The normalized spacial score (nSPS) is 16.9. The Kier molecular flexibility index (Phi) is 6.09. The lowest BCUT2D eigenvalue weighted by Crippen LogP contribution is -2.45. The molecule has 1 aliphatic heterocycles. The van der Waals surface area contributed by atoms with Gasteiger partial charge in [-0.25, -0.2) is 22.2 Å². The molecule has 2 heterocycles. The van der Waals surface area contributed by atoms with Gasteiger partial charge in [0.25, 0.3) is 0 Å². The number of nitrogens with zero attached hydrogens (tertiary/aromatic N) is 4. The summed E-state index contributed by atoms with van der Waals surface area (Å²) in [6.45, 7) is 6.19. The molecule has 1 aliphatic rings. The maximum Gasteiger partial charge on any atom is 0.240 e. The zero-order chi connectivity index (χ0) is 19.6. The van der Waals surface area contributed by atoms with Gasteiger partial charge in [-0.3, -0.25) is 4.90 Å². The fraction of sp³-hybridized carbons (Fsp3) is 0.529. The molecule has 10 heteroatoms. The van der Waals surface area contributed by atoms with Crippen molar-refractivity contribution in [2.24, 2.45) is 0 Å². The average Bonchev–Trinajstić information content (AvgIpc) is 2.97. The second-order valence-corrected chi connectivity index (χ2v) is 9.10. The third kappa shape index (κ3) is 4.81. The molecule has 0 unspecified atom stereocenters. The minimum absolute atomic E-state index is 0.0804. The third-order valence-electron chi connectivity index (χ3n) is 4.68. The molecular formula is C17H24FN5O2S2. The molecule has 0 bridgehead atoms. The van der Waals surface area contributed by atoms with Crippen LogP contribution in [0.1, 0.15) is 32.7 Å². The lowest BCUT2D eigenvalue weighted by Gasteiger charge is -2.31. The molecule has 0 saturated carbocycles. The molecule has 0 atom stereocenters. The van der Waals surface area contributed by atoms with E-state index < -0.39 is 15.8 Å². The first-order valence-electron chi connectivity index (χ1n) is 8.90. The highest BCUT2D eigenvalue weighted by Crippen LogP contribution is 2.16. The highest BCUT2D eigenvalue weighted by Gasteiger charge is 2.25. The molecule has 1 fully saturated rings. The number of benzene rings is 1. The summed E-state index contributed by atoms with van der Waals surface area (Å²) in [5, 5.41) is 4.35. The average molecular weight is 414 g/mol. The zero-order valence-electron chi connectivity index (χ0n) is 15.4. The summed E-state index contributed by atoms with van der Waals surface area (Å²) < 4.78 is 45.0. The first-order chi connectivity index (χ1) is 12.8. The van der Waals surface area contributed by atoms with Gasteiger partial charge in [-0.2, -0.15) is 5.10 Å². The number of likely N-dealkylation sites (tertiary alicyclic amines) is 1. The van der Waals surface area contributed by atoms with E-state index in [-0.39, 0.29) is 17.0 Å². The summed E-state index contributed by atoms with van der Waals surface area (Å²) >= 11 is 5.45. The van der Waals surface area contributed by atoms with Crippen LogP contribution in [0.5, 0.6) is 0 Å². The van der Waals surface area contributed by atoms with Crippen molar-refractivity contribution < 1.29 is 12.8 Å². The molecule has 1 N–H and O–H groups in total. The van der Waals surface area contributed by atoms with E-state index in [4.69, 9.17) is 12.2 Å². The van der Waals surface area contributed by atoms with E-state index in [9.17, 15) is 12.8 Å². The fourth-order valence-electron chi connectivity index (χ4n) is 3.08. The van der Waals surface area contributed by atoms with Crippen molar-refractivity contribution in [3.63, 3.8) is 0 Å². The molecule has 1 aromatic heterocycles. The molecule has 7 nitrogen and oxygen atoms in total. The third-order valence-corrected chi connectivity index (χ3v) is 6.64. The van der Waals surface area contributed by atoms with Crippen molar-refractivity contribution >= 4 is 22.2 Å². The first-order valence-corrected chi connectivity index (χ1v) is 10.8. The van der Waals surface area contributed by atoms with E-state index in [0.29, 0.717) is 24.3 Å². The van der Waals surface area contributed by atoms with E-state index in [1.807, 2.05) is 4.57 Å². The van der Waals surface area contributed by atoms with Crippen LogP contribution in [0.25, 0.3) is 0 Å². The van der Waals surface area contributed by atoms with Gasteiger partial charge in [0.1, 0.15) is 12.1 Å². The number of aromatic nitrogens is 3. The van der Waals surface area contributed by atoms with Gasteiger partial charge in [-0.15, -0.1) is 0 Å². The largest absolute Gasteiger partial charge is 0.304 e. The van der Waals surface area contributed by atoms with Crippen LogP contribution in [-0.2, 0) is 16.7 Å². The van der Waals surface area contributed by atoms with Crippen LogP contribution >= 0.6 is 12.2 Å². The van der Waals surface area contributed by atoms with E-state index in [1.54, 1.807) is 11.0 Å². The maximum atomic E-state index is 13.0. The number of hydrogen-bond donors (Lipinski definition) is 1. The molecule has 1 aromatic carbocycles. The number of hydrogen-bond acceptors (Lipinski definition) is 5. The second-order valence-electron chi connectivity index (χ2n) is 7.02. The van der Waals surface area contributed by atoms with E-state index in [2.05, 4.69) is 28.6 Å². The first kappa shape index (κ1) is 20.1. The van der Waals surface area contributed by atoms with Crippen molar-refractivity contribution in [1.82, 2.24) is 24.0 Å². The lowest BCUT2D eigenvalue weighted by molar-refractivity contribution is 0.157. The number of rotatable bonds is 6. The summed E-state index contributed by atoms with van der Waals surface area (Å²) in [7, 11) is -3.64. The minimum atomic E-state index is -3.64. The highest BCUT2D eigenvalue weighted by atomic mass is 32.2. The SMILES string of the molecule is CC(C)n1cnn(CN2CCC(NS(=O)(=O)c3ccc(F)cc3)CC2)c1=S. The Bertz CT molecular complexity index is 929. The van der Waals surface area contributed by atoms with Crippen LogP contribution in [0.3, 0.4) is 0 Å². The molecule has 27 heavy (non-hydrogen) atoms. The van der Waals surface area contributed by atoms with Crippen LogP contribution in [0.2, 0.25) is 0 Å². The summed E-state index contributed by atoms with van der Waals surface area (Å²) in [6, 6.07) is 4.98. The number of piperidine rings is 1. The predicted molar refractivity (Wildman–Crippen MR) is 103 cm³/mol. The van der Waals surface area contributed by atoms with Crippen molar-refractivity contribution in [2.45, 2.75) is 50.3 Å². The summed E-state index contributed by atoms with van der Waals surface area (Å²) in [5.74, 6) is -0.458. The summed E-state index contributed by atoms with van der Waals surface area (Å²) in [5.41, 5.74) is 0. The Morgan fingerprint density at radius 3 is 2.44 bits per heavy atom. The number of nitrogens with one attached hydrogen (secondary N) is 1. The van der Waals surface area contributed by atoms with E-state index >= 15 is 0 Å². The Labute approximate surface area is 163 Å². The van der Waals surface area contributed by atoms with Crippen LogP contribution < -0.4 is 4.72 Å². The molecular weight excluding hydrogens is 389 g/mol. The van der Waals surface area contributed by atoms with E-state index in [0.717, 1.165) is 25.2 Å². The predicted octanol–water partition coefficient (Wildman–Crippen LogP) is 2.53. The van der Waals surface area contributed by atoms with Crippen molar-refractivity contribution in [3.05, 3.63) is 41.2 Å². The van der Waals surface area contributed by atoms with Crippen molar-refractivity contribution in [2.75, 3.05) is 13.1 Å². The van der Waals surface area contributed by atoms with Gasteiger partial charge in [0.2, 0.25) is 10.0 Å². The van der Waals surface area contributed by atoms with E-state index in [1.165, 1.54) is 12.1 Å². The van der Waals surface area contributed by atoms with Crippen LogP contribution in [-0.4, -0.2) is 46.8 Å². The molecule has 0 amide bonds. The quantitative estimate of drug-likeness (QED) is 0.737. The summed E-state index contributed by atoms with van der Waals surface area (Å²) in [6.07, 6.45) is 3.13. The van der Waals surface area contributed by atoms with Crippen molar-refractivity contribution in [3.8, 4) is 0 Å². The molecule has 0 spiro atoms. The Morgan fingerprint density at radius 2 is 1.89 bits per heavy atom. The Balaban J connectivity index is 1.56. The minimum Gasteiger partial charge on any atom is -0.304 e. The Hall–Kier alpha value is -1.62. The molecule has 148 valence electrons. The topological polar surface area (TPSA) is 72.2 Å².